The van der Waals surface area contributed by atoms with Gasteiger partial charge in [0.05, 0.1) is 11.2 Å². The summed E-state index contributed by atoms with van der Waals surface area (Å²) in [6.07, 6.45) is 3.30. The van der Waals surface area contributed by atoms with Gasteiger partial charge in [0, 0.05) is 11.8 Å². The zero-order chi connectivity index (χ0) is 11.4. The molecule has 16 heavy (non-hydrogen) atoms. The highest BCUT2D eigenvalue weighted by Crippen LogP contribution is 2.24. The zero-order valence-corrected chi connectivity index (χ0v) is 9.74. The van der Waals surface area contributed by atoms with Gasteiger partial charge in [-0.1, -0.05) is 41.9 Å². The summed E-state index contributed by atoms with van der Waals surface area (Å²) < 4.78 is 5.66. The van der Waals surface area contributed by atoms with Crippen molar-refractivity contribution in [3.8, 4) is 5.75 Å². The van der Waals surface area contributed by atoms with Crippen LogP contribution in [0, 0.1) is 6.92 Å². The molecule has 0 fully saturated rings. The lowest BCUT2D eigenvalue weighted by atomic mass is 10.2. The predicted molar refractivity (Wildman–Crippen MR) is 64.8 cm³/mol. The molecule has 2 rings (SSSR count). The molecule has 2 aromatic rings. The highest BCUT2D eigenvalue weighted by atomic mass is 35.5. The Kier molecular flexibility index (Phi) is 3.42. The second-order valence-corrected chi connectivity index (χ2v) is 3.93. The summed E-state index contributed by atoms with van der Waals surface area (Å²) in [6.45, 7) is 2.45. The van der Waals surface area contributed by atoms with Crippen LogP contribution in [0.5, 0.6) is 5.75 Å². The number of aromatic nitrogens is 1. The molecule has 1 aromatic carbocycles. The zero-order valence-electron chi connectivity index (χ0n) is 8.98. The van der Waals surface area contributed by atoms with Crippen molar-refractivity contribution in [2.45, 2.75) is 13.5 Å². The van der Waals surface area contributed by atoms with Crippen molar-refractivity contribution in [1.29, 1.82) is 0 Å². The Hall–Kier alpha value is -1.54. The Balaban J connectivity index is 2.08. The minimum atomic E-state index is 0.531. The SMILES string of the molecule is Cc1c(Cl)cncc1OCc1ccccc1. The lowest BCUT2D eigenvalue weighted by Gasteiger charge is -2.09. The van der Waals surface area contributed by atoms with Crippen LogP contribution in [0.3, 0.4) is 0 Å². The first-order chi connectivity index (χ1) is 7.77. The van der Waals surface area contributed by atoms with Crippen LogP contribution in [0.2, 0.25) is 5.02 Å². The number of pyridine rings is 1. The summed E-state index contributed by atoms with van der Waals surface area (Å²) >= 11 is 5.95. The number of hydrogen-bond donors (Lipinski definition) is 0. The van der Waals surface area contributed by atoms with Gasteiger partial charge in [0.1, 0.15) is 12.4 Å². The van der Waals surface area contributed by atoms with Gasteiger partial charge in [-0.15, -0.1) is 0 Å². The molecule has 0 N–H and O–H groups in total. The van der Waals surface area contributed by atoms with E-state index in [2.05, 4.69) is 4.98 Å². The van der Waals surface area contributed by atoms with Gasteiger partial charge in [-0.25, -0.2) is 0 Å². The van der Waals surface area contributed by atoms with E-state index in [1.807, 2.05) is 37.3 Å². The fraction of sp³-hybridized carbons (Fsp3) is 0.154. The fourth-order valence-electron chi connectivity index (χ4n) is 1.36. The molecule has 1 aromatic heterocycles. The van der Waals surface area contributed by atoms with Crippen molar-refractivity contribution in [3.63, 3.8) is 0 Å². The third kappa shape index (κ3) is 2.52. The van der Waals surface area contributed by atoms with Crippen LogP contribution in [0.15, 0.2) is 42.7 Å². The predicted octanol–water partition coefficient (Wildman–Crippen LogP) is 3.62. The van der Waals surface area contributed by atoms with Crippen molar-refractivity contribution in [1.82, 2.24) is 4.98 Å². The molecular weight excluding hydrogens is 222 g/mol. The molecule has 0 saturated carbocycles. The van der Waals surface area contributed by atoms with E-state index < -0.39 is 0 Å². The van der Waals surface area contributed by atoms with E-state index in [-0.39, 0.29) is 0 Å². The maximum atomic E-state index is 5.95. The summed E-state index contributed by atoms with van der Waals surface area (Å²) in [7, 11) is 0. The Bertz CT molecular complexity index is 471. The van der Waals surface area contributed by atoms with Crippen molar-refractivity contribution >= 4 is 11.6 Å². The molecule has 2 nitrogen and oxygen atoms in total. The maximum absolute atomic E-state index is 5.95. The average Bonchev–Trinajstić information content (AvgIpc) is 2.32. The molecule has 0 unspecified atom stereocenters. The smallest absolute Gasteiger partial charge is 0.142 e. The summed E-state index contributed by atoms with van der Waals surface area (Å²) in [5.74, 6) is 0.733. The lowest BCUT2D eigenvalue weighted by molar-refractivity contribution is 0.303. The van der Waals surface area contributed by atoms with Crippen molar-refractivity contribution in [2.24, 2.45) is 0 Å². The maximum Gasteiger partial charge on any atom is 0.142 e. The second-order valence-electron chi connectivity index (χ2n) is 3.52. The Labute approximate surface area is 99.9 Å². The number of nitrogens with zero attached hydrogens (tertiary/aromatic N) is 1. The van der Waals surface area contributed by atoms with Crippen molar-refractivity contribution < 1.29 is 4.74 Å². The average molecular weight is 234 g/mol. The van der Waals surface area contributed by atoms with Crippen LogP contribution < -0.4 is 4.74 Å². The molecular formula is C13H12ClNO. The normalized spacial score (nSPS) is 10.1. The first-order valence-electron chi connectivity index (χ1n) is 5.04. The van der Waals surface area contributed by atoms with E-state index in [0.29, 0.717) is 11.6 Å². The summed E-state index contributed by atoms with van der Waals surface area (Å²) in [5, 5.41) is 0.630. The van der Waals surface area contributed by atoms with Gasteiger partial charge < -0.3 is 4.74 Å². The standard InChI is InChI=1S/C13H12ClNO/c1-10-12(14)7-15-8-13(10)16-9-11-5-3-2-4-6-11/h2-8H,9H2,1H3. The van der Waals surface area contributed by atoms with Gasteiger partial charge in [-0.2, -0.15) is 0 Å². The topological polar surface area (TPSA) is 22.1 Å². The third-order valence-electron chi connectivity index (χ3n) is 2.34. The second kappa shape index (κ2) is 4.99. The van der Waals surface area contributed by atoms with E-state index >= 15 is 0 Å². The van der Waals surface area contributed by atoms with E-state index in [1.165, 1.54) is 0 Å². The van der Waals surface area contributed by atoms with Crippen molar-refractivity contribution in [2.75, 3.05) is 0 Å². The van der Waals surface area contributed by atoms with Crippen LogP contribution in [0.1, 0.15) is 11.1 Å². The molecule has 0 saturated heterocycles. The molecule has 0 aliphatic carbocycles. The molecule has 0 bridgehead atoms. The molecule has 1 heterocycles. The van der Waals surface area contributed by atoms with E-state index in [9.17, 15) is 0 Å². The van der Waals surface area contributed by atoms with Gasteiger partial charge >= 0.3 is 0 Å². The first kappa shape index (κ1) is 11.0. The molecule has 0 spiro atoms. The molecule has 0 atom stereocenters. The van der Waals surface area contributed by atoms with E-state index in [0.717, 1.165) is 16.9 Å². The highest BCUT2D eigenvalue weighted by molar-refractivity contribution is 6.31. The monoisotopic (exact) mass is 233 g/mol. The van der Waals surface area contributed by atoms with Crippen LogP contribution in [-0.2, 0) is 6.61 Å². The molecule has 3 heteroatoms. The van der Waals surface area contributed by atoms with E-state index in [1.54, 1.807) is 12.4 Å². The van der Waals surface area contributed by atoms with Crippen molar-refractivity contribution in [3.05, 3.63) is 58.9 Å². The van der Waals surface area contributed by atoms with Gasteiger partial charge in [-0.05, 0) is 12.5 Å². The quantitative estimate of drug-likeness (QED) is 0.808. The van der Waals surface area contributed by atoms with Gasteiger partial charge in [-0.3, -0.25) is 4.98 Å². The molecule has 0 radical (unpaired) electrons. The van der Waals surface area contributed by atoms with Crippen LogP contribution in [-0.4, -0.2) is 4.98 Å². The summed E-state index contributed by atoms with van der Waals surface area (Å²) in [4.78, 5) is 4.00. The minimum Gasteiger partial charge on any atom is -0.487 e. The number of benzene rings is 1. The molecule has 0 aliphatic heterocycles. The fourth-order valence-corrected chi connectivity index (χ4v) is 1.51. The number of rotatable bonds is 3. The molecule has 82 valence electrons. The minimum absolute atomic E-state index is 0.531. The highest BCUT2D eigenvalue weighted by Gasteiger charge is 2.03. The molecule has 0 aliphatic rings. The first-order valence-corrected chi connectivity index (χ1v) is 5.42. The Morgan fingerprint density at radius 2 is 1.94 bits per heavy atom. The Morgan fingerprint density at radius 1 is 1.19 bits per heavy atom. The molecule has 0 amide bonds. The number of hydrogen-bond acceptors (Lipinski definition) is 2. The summed E-state index contributed by atoms with van der Waals surface area (Å²) in [6, 6.07) is 10.00. The number of ether oxygens (including phenoxy) is 1. The van der Waals surface area contributed by atoms with Crippen LogP contribution in [0.25, 0.3) is 0 Å². The third-order valence-corrected chi connectivity index (χ3v) is 2.73. The lowest BCUT2D eigenvalue weighted by Crippen LogP contribution is -1.97. The number of halogens is 1. The van der Waals surface area contributed by atoms with Gasteiger partial charge in [0.15, 0.2) is 0 Å². The largest absolute Gasteiger partial charge is 0.487 e. The van der Waals surface area contributed by atoms with E-state index in [4.69, 9.17) is 16.3 Å². The van der Waals surface area contributed by atoms with Crippen LogP contribution >= 0.6 is 11.6 Å². The summed E-state index contributed by atoms with van der Waals surface area (Å²) in [5.41, 5.74) is 2.05. The Morgan fingerprint density at radius 3 is 2.69 bits per heavy atom. The van der Waals surface area contributed by atoms with Gasteiger partial charge in [0.25, 0.3) is 0 Å². The van der Waals surface area contributed by atoms with Gasteiger partial charge in [0.2, 0.25) is 0 Å². The van der Waals surface area contributed by atoms with Crippen LogP contribution in [0.4, 0.5) is 0 Å².